The normalized spacial score (nSPS) is 10.4. The lowest BCUT2D eigenvalue weighted by molar-refractivity contribution is 0.412. The van der Waals surface area contributed by atoms with Crippen molar-refractivity contribution in [1.82, 2.24) is 9.78 Å². The lowest BCUT2D eigenvalue weighted by atomic mass is 10.2. The first-order valence-corrected chi connectivity index (χ1v) is 5.58. The van der Waals surface area contributed by atoms with Crippen molar-refractivity contribution in [2.24, 2.45) is 0 Å². The van der Waals surface area contributed by atoms with Gasteiger partial charge >= 0.3 is 0 Å². The number of halogens is 1. The quantitative estimate of drug-likeness (QED) is 0.939. The number of anilines is 1. The molecule has 16 heavy (non-hydrogen) atoms. The SMILES string of the molecule is COc1ccc(Cn2cc(N)cn2)cc1Br. The first-order chi connectivity index (χ1) is 7.69. The topological polar surface area (TPSA) is 53.1 Å². The van der Waals surface area contributed by atoms with E-state index in [-0.39, 0.29) is 0 Å². The summed E-state index contributed by atoms with van der Waals surface area (Å²) in [6.07, 6.45) is 3.44. The van der Waals surface area contributed by atoms with Crippen molar-refractivity contribution in [2.75, 3.05) is 12.8 Å². The summed E-state index contributed by atoms with van der Waals surface area (Å²) >= 11 is 3.45. The maximum absolute atomic E-state index is 5.60. The van der Waals surface area contributed by atoms with Crippen LogP contribution in [0.5, 0.6) is 5.75 Å². The minimum absolute atomic E-state index is 0.674. The Morgan fingerprint density at radius 1 is 1.50 bits per heavy atom. The van der Waals surface area contributed by atoms with E-state index in [0.29, 0.717) is 12.2 Å². The van der Waals surface area contributed by atoms with Gasteiger partial charge in [-0.2, -0.15) is 5.10 Å². The zero-order chi connectivity index (χ0) is 11.5. The Kier molecular flexibility index (Phi) is 3.14. The summed E-state index contributed by atoms with van der Waals surface area (Å²) in [5.41, 5.74) is 7.40. The van der Waals surface area contributed by atoms with Crippen LogP contribution in [0.4, 0.5) is 5.69 Å². The number of methoxy groups -OCH3 is 1. The van der Waals surface area contributed by atoms with Crippen LogP contribution in [-0.4, -0.2) is 16.9 Å². The fraction of sp³-hybridized carbons (Fsp3) is 0.182. The zero-order valence-corrected chi connectivity index (χ0v) is 10.4. The Bertz CT molecular complexity index is 496. The molecule has 0 aliphatic carbocycles. The molecule has 0 saturated carbocycles. The average Bonchev–Trinajstić information content (AvgIpc) is 2.64. The number of nitrogens with two attached hydrogens (primary N) is 1. The molecule has 0 amide bonds. The highest BCUT2D eigenvalue weighted by molar-refractivity contribution is 9.10. The molecule has 0 fully saturated rings. The van der Waals surface area contributed by atoms with Crippen molar-refractivity contribution in [3.05, 3.63) is 40.6 Å². The van der Waals surface area contributed by atoms with E-state index in [2.05, 4.69) is 21.0 Å². The van der Waals surface area contributed by atoms with Gasteiger partial charge in [-0.25, -0.2) is 0 Å². The summed E-state index contributed by atoms with van der Waals surface area (Å²) in [7, 11) is 1.65. The molecule has 0 bridgehead atoms. The number of aromatic nitrogens is 2. The number of benzene rings is 1. The van der Waals surface area contributed by atoms with E-state index in [0.717, 1.165) is 15.8 Å². The third-order valence-corrected chi connectivity index (χ3v) is 2.83. The van der Waals surface area contributed by atoms with Crippen LogP contribution >= 0.6 is 15.9 Å². The molecule has 84 valence electrons. The Balaban J connectivity index is 2.19. The lowest BCUT2D eigenvalue weighted by Gasteiger charge is -2.06. The van der Waals surface area contributed by atoms with Crippen LogP contribution in [0.25, 0.3) is 0 Å². The summed E-state index contributed by atoms with van der Waals surface area (Å²) < 4.78 is 7.90. The van der Waals surface area contributed by atoms with Crippen molar-refractivity contribution in [3.63, 3.8) is 0 Å². The molecule has 0 aliphatic heterocycles. The van der Waals surface area contributed by atoms with E-state index < -0.39 is 0 Å². The van der Waals surface area contributed by atoms with Gasteiger partial charge in [-0.3, -0.25) is 4.68 Å². The van der Waals surface area contributed by atoms with Gasteiger partial charge in [0.15, 0.2) is 0 Å². The molecular formula is C11H12BrN3O. The molecular weight excluding hydrogens is 270 g/mol. The Labute approximate surface area is 102 Å². The summed E-state index contributed by atoms with van der Waals surface area (Å²) in [4.78, 5) is 0. The zero-order valence-electron chi connectivity index (χ0n) is 8.85. The number of nitrogen functional groups attached to an aromatic ring is 1. The molecule has 1 aromatic heterocycles. The molecule has 0 aliphatic rings. The molecule has 2 aromatic rings. The summed E-state index contributed by atoms with van der Waals surface area (Å²) in [5, 5.41) is 4.13. The number of hydrogen-bond acceptors (Lipinski definition) is 3. The van der Waals surface area contributed by atoms with E-state index in [1.54, 1.807) is 24.2 Å². The fourth-order valence-corrected chi connectivity index (χ4v) is 2.05. The standard InChI is InChI=1S/C11H12BrN3O/c1-16-11-3-2-8(4-10(11)12)6-15-7-9(13)5-14-15/h2-5,7H,6,13H2,1H3. The van der Waals surface area contributed by atoms with E-state index >= 15 is 0 Å². The predicted octanol–water partition coefficient (Wildman–Crippen LogP) is 2.28. The Hall–Kier alpha value is -1.49. The van der Waals surface area contributed by atoms with Crippen molar-refractivity contribution in [2.45, 2.75) is 6.54 Å². The van der Waals surface area contributed by atoms with Crippen LogP contribution in [0.1, 0.15) is 5.56 Å². The molecule has 1 heterocycles. The molecule has 4 nitrogen and oxygen atoms in total. The van der Waals surface area contributed by atoms with E-state index in [1.807, 2.05) is 18.2 Å². The monoisotopic (exact) mass is 281 g/mol. The van der Waals surface area contributed by atoms with Gasteiger partial charge in [-0.1, -0.05) is 6.07 Å². The molecule has 0 radical (unpaired) electrons. The molecule has 0 atom stereocenters. The first kappa shape index (κ1) is 11.0. The molecule has 1 aromatic carbocycles. The Morgan fingerprint density at radius 3 is 2.88 bits per heavy atom. The van der Waals surface area contributed by atoms with Gasteiger partial charge in [-0.15, -0.1) is 0 Å². The summed E-state index contributed by atoms with van der Waals surface area (Å²) in [6.45, 7) is 0.694. The highest BCUT2D eigenvalue weighted by atomic mass is 79.9. The summed E-state index contributed by atoms with van der Waals surface area (Å²) in [5.74, 6) is 0.823. The third-order valence-electron chi connectivity index (χ3n) is 2.21. The van der Waals surface area contributed by atoms with Crippen LogP contribution in [0.15, 0.2) is 35.1 Å². The Morgan fingerprint density at radius 2 is 2.31 bits per heavy atom. The van der Waals surface area contributed by atoms with Crippen LogP contribution in [-0.2, 0) is 6.54 Å². The van der Waals surface area contributed by atoms with Gasteiger partial charge in [0.1, 0.15) is 5.75 Å². The number of nitrogens with zero attached hydrogens (tertiary/aromatic N) is 2. The van der Waals surface area contributed by atoms with E-state index in [1.165, 1.54) is 0 Å². The molecule has 2 N–H and O–H groups in total. The molecule has 5 heteroatoms. The third kappa shape index (κ3) is 2.36. The second-order valence-electron chi connectivity index (χ2n) is 3.44. The second-order valence-corrected chi connectivity index (χ2v) is 4.29. The minimum atomic E-state index is 0.674. The highest BCUT2D eigenvalue weighted by Crippen LogP contribution is 2.25. The predicted molar refractivity (Wildman–Crippen MR) is 66.4 cm³/mol. The molecule has 0 unspecified atom stereocenters. The maximum atomic E-state index is 5.60. The van der Waals surface area contributed by atoms with Crippen LogP contribution in [0.2, 0.25) is 0 Å². The van der Waals surface area contributed by atoms with E-state index in [9.17, 15) is 0 Å². The van der Waals surface area contributed by atoms with Crippen LogP contribution < -0.4 is 10.5 Å². The maximum Gasteiger partial charge on any atom is 0.133 e. The molecule has 2 rings (SSSR count). The molecule has 0 saturated heterocycles. The van der Waals surface area contributed by atoms with Crippen LogP contribution in [0.3, 0.4) is 0 Å². The van der Waals surface area contributed by atoms with Crippen molar-refractivity contribution in [3.8, 4) is 5.75 Å². The van der Waals surface area contributed by atoms with Crippen molar-refractivity contribution in [1.29, 1.82) is 0 Å². The number of hydrogen-bond donors (Lipinski definition) is 1. The van der Waals surface area contributed by atoms with Crippen molar-refractivity contribution >= 4 is 21.6 Å². The van der Waals surface area contributed by atoms with Gasteiger partial charge < -0.3 is 10.5 Å². The van der Waals surface area contributed by atoms with Gasteiger partial charge in [0, 0.05) is 6.20 Å². The molecule has 0 spiro atoms. The highest BCUT2D eigenvalue weighted by Gasteiger charge is 2.02. The van der Waals surface area contributed by atoms with Gasteiger partial charge in [0.2, 0.25) is 0 Å². The summed E-state index contributed by atoms with van der Waals surface area (Å²) in [6, 6.07) is 5.93. The second kappa shape index (κ2) is 4.57. The minimum Gasteiger partial charge on any atom is -0.496 e. The first-order valence-electron chi connectivity index (χ1n) is 4.79. The van der Waals surface area contributed by atoms with Gasteiger partial charge in [0.25, 0.3) is 0 Å². The van der Waals surface area contributed by atoms with Crippen molar-refractivity contribution < 1.29 is 4.74 Å². The van der Waals surface area contributed by atoms with Gasteiger partial charge in [0.05, 0.1) is 30.0 Å². The lowest BCUT2D eigenvalue weighted by Crippen LogP contribution is -2.00. The largest absolute Gasteiger partial charge is 0.496 e. The number of ether oxygens (including phenoxy) is 1. The number of rotatable bonds is 3. The van der Waals surface area contributed by atoms with E-state index in [4.69, 9.17) is 10.5 Å². The smallest absolute Gasteiger partial charge is 0.133 e. The van der Waals surface area contributed by atoms with Gasteiger partial charge in [-0.05, 0) is 33.6 Å². The fourth-order valence-electron chi connectivity index (χ4n) is 1.46. The average molecular weight is 282 g/mol. The van der Waals surface area contributed by atoms with Crippen LogP contribution in [0, 0.1) is 0 Å².